The minimum Gasteiger partial charge on any atom is -0.342 e. The molecule has 5 rings (SSSR count). The van der Waals surface area contributed by atoms with Crippen LogP contribution < -0.4 is 4.90 Å². The number of aromatic nitrogens is 1. The van der Waals surface area contributed by atoms with Crippen molar-refractivity contribution in [2.45, 2.75) is 6.54 Å². The number of thioether (sulfide) groups is 1. The first-order chi connectivity index (χ1) is 16.0. The second-order valence-electron chi connectivity index (χ2n) is 7.53. The molecule has 0 saturated carbocycles. The van der Waals surface area contributed by atoms with Crippen LogP contribution in [-0.4, -0.2) is 15.6 Å². The maximum Gasteiger partial charge on any atom is 0.271 e. The summed E-state index contributed by atoms with van der Waals surface area (Å²) >= 11 is 7.11. The number of halogens is 1. The second kappa shape index (κ2) is 8.62. The Morgan fingerprint density at radius 2 is 1.76 bits per heavy atom. The minimum atomic E-state index is -0.237. The average Bonchev–Trinajstić information content (AvgIpc) is 3.31. The largest absolute Gasteiger partial charge is 0.342 e. The van der Waals surface area contributed by atoms with Gasteiger partial charge in [-0.05, 0) is 59.8 Å². The predicted octanol–water partition coefficient (Wildman–Crippen LogP) is 6.27. The summed E-state index contributed by atoms with van der Waals surface area (Å²) in [6.07, 6.45) is 3.83. The van der Waals surface area contributed by atoms with Crippen LogP contribution in [-0.2, 0) is 11.3 Å². The van der Waals surface area contributed by atoms with Gasteiger partial charge in [0, 0.05) is 34.2 Å². The lowest BCUT2D eigenvalue weighted by atomic mass is 10.1. The number of carbonyl (C=O) groups excluding carboxylic acids is 1. The van der Waals surface area contributed by atoms with E-state index in [1.807, 2.05) is 60.8 Å². The summed E-state index contributed by atoms with van der Waals surface area (Å²) in [5.41, 5.74) is 4.09. The van der Waals surface area contributed by atoms with E-state index in [-0.39, 0.29) is 11.1 Å². The molecule has 0 spiro atoms. The van der Waals surface area contributed by atoms with E-state index in [1.54, 1.807) is 24.3 Å². The average molecular weight is 469 g/mol. The van der Waals surface area contributed by atoms with E-state index in [9.17, 15) is 10.1 Å². The lowest BCUT2D eigenvalue weighted by molar-refractivity contribution is -0.113. The quantitative estimate of drug-likeness (QED) is 0.359. The number of fused-ring (bicyclic) bond motifs is 1. The monoisotopic (exact) mass is 468 g/mol. The smallest absolute Gasteiger partial charge is 0.271 e. The molecule has 7 heteroatoms. The maximum atomic E-state index is 13.1. The number of hydrogen-bond acceptors (Lipinski definition) is 4. The molecular weight excluding hydrogens is 452 g/mol. The molecule has 3 aromatic carbocycles. The fraction of sp³-hybridized carbons (Fsp3) is 0.0385. The lowest BCUT2D eigenvalue weighted by Crippen LogP contribution is -2.27. The zero-order valence-electron chi connectivity index (χ0n) is 17.3. The SMILES string of the molecule is N#Cc1ccccc1Cn1cc(/C=C2\SC(=N)N(c3ccc(Cl)cc3)C2=O)c2ccccc21. The van der Waals surface area contributed by atoms with Crippen LogP contribution in [0.5, 0.6) is 0 Å². The number of hydrogen-bond donors (Lipinski definition) is 1. The molecule has 1 aliphatic heterocycles. The minimum absolute atomic E-state index is 0.153. The number of nitrogens with zero attached hydrogens (tertiary/aromatic N) is 3. The highest BCUT2D eigenvalue weighted by Gasteiger charge is 2.33. The van der Waals surface area contributed by atoms with Crippen LogP contribution in [0, 0.1) is 16.7 Å². The number of nitriles is 1. The predicted molar refractivity (Wildman–Crippen MR) is 134 cm³/mol. The highest BCUT2D eigenvalue weighted by atomic mass is 35.5. The third kappa shape index (κ3) is 3.93. The number of carbonyl (C=O) groups is 1. The van der Waals surface area contributed by atoms with E-state index in [1.165, 1.54) is 4.90 Å². The van der Waals surface area contributed by atoms with Gasteiger partial charge >= 0.3 is 0 Å². The van der Waals surface area contributed by atoms with Gasteiger partial charge in [0.15, 0.2) is 5.17 Å². The number of rotatable bonds is 4. The first-order valence-electron chi connectivity index (χ1n) is 10.2. The zero-order valence-corrected chi connectivity index (χ0v) is 18.9. The molecule has 2 heterocycles. The van der Waals surface area contributed by atoms with Gasteiger partial charge in [-0.3, -0.25) is 15.1 Å². The highest BCUT2D eigenvalue weighted by molar-refractivity contribution is 8.19. The topological polar surface area (TPSA) is 72.9 Å². The molecule has 5 nitrogen and oxygen atoms in total. The van der Waals surface area contributed by atoms with Crippen molar-refractivity contribution in [1.82, 2.24) is 4.57 Å². The Balaban J connectivity index is 1.53. The summed E-state index contributed by atoms with van der Waals surface area (Å²) in [4.78, 5) is 15.0. The van der Waals surface area contributed by atoms with Gasteiger partial charge in [-0.25, -0.2) is 0 Å². The number of para-hydroxylation sites is 1. The molecule has 33 heavy (non-hydrogen) atoms. The summed E-state index contributed by atoms with van der Waals surface area (Å²) in [7, 11) is 0. The number of anilines is 1. The van der Waals surface area contributed by atoms with E-state index < -0.39 is 0 Å². The summed E-state index contributed by atoms with van der Waals surface area (Å²) in [5, 5.41) is 19.5. The molecule has 1 N–H and O–H groups in total. The van der Waals surface area contributed by atoms with Gasteiger partial charge in [0.2, 0.25) is 0 Å². The van der Waals surface area contributed by atoms with Gasteiger partial charge < -0.3 is 4.57 Å². The molecule has 1 amide bonds. The molecule has 160 valence electrons. The lowest BCUT2D eigenvalue weighted by Gasteiger charge is -2.14. The molecule has 1 aliphatic rings. The molecule has 0 atom stereocenters. The molecule has 0 unspecified atom stereocenters. The number of amidine groups is 1. The summed E-state index contributed by atoms with van der Waals surface area (Å²) in [5.74, 6) is -0.237. The molecule has 1 aromatic heterocycles. The molecule has 1 saturated heterocycles. The fourth-order valence-corrected chi connectivity index (χ4v) is 4.90. The van der Waals surface area contributed by atoms with E-state index in [4.69, 9.17) is 17.0 Å². The van der Waals surface area contributed by atoms with Crippen molar-refractivity contribution in [3.8, 4) is 6.07 Å². The van der Waals surface area contributed by atoms with Crippen LogP contribution in [0.4, 0.5) is 5.69 Å². The first kappa shape index (κ1) is 21.1. The van der Waals surface area contributed by atoms with Gasteiger partial charge in [0.1, 0.15) is 0 Å². The Bertz CT molecular complexity index is 1480. The Morgan fingerprint density at radius 1 is 1.03 bits per heavy atom. The van der Waals surface area contributed by atoms with Crippen molar-refractivity contribution in [3.05, 3.63) is 106 Å². The van der Waals surface area contributed by atoms with Gasteiger partial charge in [-0.2, -0.15) is 5.26 Å². The van der Waals surface area contributed by atoms with E-state index >= 15 is 0 Å². The Labute approximate surface area is 200 Å². The summed E-state index contributed by atoms with van der Waals surface area (Å²) in [6, 6.07) is 24.7. The Kier molecular flexibility index (Phi) is 5.51. The van der Waals surface area contributed by atoms with E-state index in [2.05, 4.69) is 10.6 Å². The molecule has 4 aromatic rings. The fourth-order valence-electron chi connectivity index (χ4n) is 3.92. The normalized spacial score (nSPS) is 14.9. The molecule has 0 radical (unpaired) electrons. The van der Waals surface area contributed by atoms with Crippen LogP contribution in [0.2, 0.25) is 5.02 Å². The summed E-state index contributed by atoms with van der Waals surface area (Å²) < 4.78 is 2.09. The van der Waals surface area contributed by atoms with Gasteiger partial charge in [-0.1, -0.05) is 48.0 Å². The van der Waals surface area contributed by atoms with Crippen molar-refractivity contribution in [2.24, 2.45) is 0 Å². The van der Waals surface area contributed by atoms with Crippen LogP contribution in [0.1, 0.15) is 16.7 Å². The van der Waals surface area contributed by atoms with Gasteiger partial charge in [0.25, 0.3) is 5.91 Å². The third-order valence-corrected chi connectivity index (χ3v) is 6.63. The van der Waals surface area contributed by atoms with Crippen molar-refractivity contribution in [2.75, 3.05) is 4.90 Å². The molecule has 1 fully saturated rings. The molecule has 0 aliphatic carbocycles. The van der Waals surface area contributed by atoms with Crippen LogP contribution in [0.15, 0.2) is 83.9 Å². The van der Waals surface area contributed by atoms with Crippen molar-refractivity contribution >= 4 is 57.1 Å². The molecule has 0 bridgehead atoms. The zero-order chi connectivity index (χ0) is 22.9. The second-order valence-corrected chi connectivity index (χ2v) is 9.00. The van der Waals surface area contributed by atoms with Crippen LogP contribution in [0.25, 0.3) is 17.0 Å². The maximum absolute atomic E-state index is 13.1. The number of benzene rings is 3. The Morgan fingerprint density at radius 3 is 2.55 bits per heavy atom. The van der Waals surface area contributed by atoms with Crippen molar-refractivity contribution in [1.29, 1.82) is 10.7 Å². The number of amides is 1. The first-order valence-corrected chi connectivity index (χ1v) is 11.4. The number of nitrogens with one attached hydrogen (secondary N) is 1. The van der Waals surface area contributed by atoms with Gasteiger partial charge in [0.05, 0.1) is 22.2 Å². The van der Waals surface area contributed by atoms with Gasteiger partial charge in [-0.15, -0.1) is 0 Å². The Hall–Kier alpha value is -3.79. The highest BCUT2D eigenvalue weighted by Crippen LogP contribution is 2.37. The third-order valence-electron chi connectivity index (χ3n) is 5.49. The van der Waals surface area contributed by atoms with E-state index in [0.717, 1.165) is 33.8 Å². The van der Waals surface area contributed by atoms with E-state index in [0.29, 0.717) is 27.7 Å². The van der Waals surface area contributed by atoms with Crippen LogP contribution in [0.3, 0.4) is 0 Å². The summed E-state index contributed by atoms with van der Waals surface area (Å²) in [6.45, 7) is 0.543. The molecular formula is C26H17ClN4OS. The standard InChI is InChI=1S/C26H17ClN4OS/c27-20-9-11-21(12-10-20)31-25(32)24(33-26(31)29)13-19-16-30(23-8-4-3-7-22(19)23)15-18-6-2-1-5-17(18)14-28/h1-13,16,29H,15H2/b24-13-,29-26?. The van der Waals surface area contributed by atoms with Crippen LogP contribution >= 0.6 is 23.4 Å². The van der Waals surface area contributed by atoms with Crippen molar-refractivity contribution in [3.63, 3.8) is 0 Å². The van der Waals surface area contributed by atoms with Crippen molar-refractivity contribution < 1.29 is 4.79 Å².